The van der Waals surface area contributed by atoms with E-state index in [1.807, 2.05) is 0 Å². The first-order valence-corrected chi connectivity index (χ1v) is 10.5. The van der Waals surface area contributed by atoms with E-state index in [4.69, 9.17) is 5.21 Å². The molecule has 0 aliphatic carbocycles. The number of unbranched alkanes of at least 4 members (excludes halogenated alkanes) is 3. The minimum absolute atomic E-state index is 0.228. The first-order valence-electron chi connectivity index (χ1n) is 9.33. The van der Waals surface area contributed by atoms with Crippen LogP contribution in [0.4, 0.5) is 11.4 Å². The summed E-state index contributed by atoms with van der Waals surface area (Å²) in [5.74, 6) is -0.622. The van der Waals surface area contributed by atoms with Crippen molar-refractivity contribution >= 4 is 34.1 Å². The maximum Gasteiger partial charge on any atom is 0.251 e. The van der Waals surface area contributed by atoms with Crippen LogP contribution < -0.4 is 15.1 Å². The fraction of sp³-hybridized carbons (Fsp3) is 0.300. The summed E-state index contributed by atoms with van der Waals surface area (Å²) in [6.07, 6.45) is 3.44. The normalized spacial score (nSPS) is 10.6. The van der Waals surface area contributed by atoms with Gasteiger partial charge in [-0.15, -0.1) is 0 Å². The quantitative estimate of drug-likeness (QED) is 0.193. The van der Waals surface area contributed by atoms with Crippen molar-refractivity contribution in [1.82, 2.24) is 10.8 Å². The Bertz CT molecular complexity index is 861. The summed E-state index contributed by atoms with van der Waals surface area (Å²) in [4.78, 5) is 23.1. The molecular weight excluding hydrogens is 394 g/mol. The van der Waals surface area contributed by atoms with Crippen molar-refractivity contribution in [3.05, 3.63) is 60.2 Å². The van der Waals surface area contributed by atoms with Crippen molar-refractivity contribution in [3.8, 4) is 0 Å². The van der Waals surface area contributed by atoms with E-state index in [2.05, 4.69) is 5.32 Å². The highest BCUT2D eigenvalue weighted by Gasteiger charge is 2.12. The lowest BCUT2D eigenvalue weighted by atomic mass is 10.1. The van der Waals surface area contributed by atoms with E-state index in [0.29, 0.717) is 29.9 Å². The predicted molar refractivity (Wildman–Crippen MR) is 111 cm³/mol. The van der Waals surface area contributed by atoms with E-state index in [9.17, 15) is 18.0 Å². The number of hydrogen-bond donors (Lipinski definition) is 4. The lowest BCUT2D eigenvalue weighted by molar-refractivity contribution is -0.129. The van der Waals surface area contributed by atoms with Crippen molar-refractivity contribution in [2.45, 2.75) is 32.1 Å². The fourth-order valence-corrected chi connectivity index (χ4v) is 3.43. The van der Waals surface area contributed by atoms with Crippen LogP contribution in [0.25, 0.3) is 0 Å². The van der Waals surface area contributed by atoms with Crippen molar-refractivity contribution in [1.29, 1.82) is 0 Å². The van der Waals surface area contributed by atoms with Crippen LogP contribution in [0.1, 0.15) is 42.5 Å². The molecule has 2 amide bonds. The molecule has 9 heteroatoms. The summed E-state index contributed by atoms with van der Waals surface area (Å²) in [5.41, 5.74) is 3.02. The molecule has 0 saturated carbocycles. The third-order valence-corrected chi connectivity index (χ3v) is 5.07. The largest absolute Gasteiger partial charge is 0.352 e. The number of rotatable bonds is 11. The van der Waals surface area contributed by atoms with Crippen LogP contribution in [-0.4, -0.2) is 32.0 Å². The molecule has 0 radical (unpaired) electrons. The summed E-state index contributed by atoms with van der Waals surface area (Å²) < 4.78 is 24.5. The SMILES string of the molecule is O=C(CCCCCCNC(=O)c1ccc(N(c2ccccc2)[SH](=O)=O)cc1)NO. The first kappa shape index (κ1) is 22.4. The second-order valence-corrected chi connectivity index (χ2v) is 7.26. The predicted octanol–water partition coefficient (Wildman–Crippen LogP) is 2.54. The van der Waals surface area contributed by atoms with Crippen LogP contribution in [0.2, 0.25) is 0 Å². The maximum absolute atomic E-state index is 12.2. The average Bonchev–Trinajstić information content (AvgIpc) is 2.73. The average molecular weight is 420 g/mol. The van der Waals surface area contributed by atoms with E-state index < -0.39 is 16.8 Å². The van der Waals surface area contributed by atoms with Crippen molar-refractivity contribution in [2.24, 2.45) is 0 Å². The van der Waals surface area contributed by atoms with Gasteiger partial charge in [-0.25, -0.2) is 18.2 Å². The van der Waals surface area contributed by atoms with E-state index in [1.54, 1.807) is 60.1 Å². The third-order valence-electron chi connectivity index (χ3n) is 4.28. The highest BCUT2D eigenvalue weighted by molar-refractivity contribution is 7.74. The summed E-state index contributed by atoms with van der Waals surface area (Å²) in [5, 5.41) is 11.2. The Kier molecular flexibility index (Phi) is 9.13. The molecule has 8 nitrogen and oxygen atoms in total. The Morgan fingerprint density at radius 3 is 2.10 bits per heavy atom. The fourth-order valence-electron chi connectivity index (χ4n) is 2.78. The van der Waals surface area contributed by atoms with E-state index in [-0.39, 0.29) is 12.3 Å². The summed E-state index contributed by atoms with van der Waals surface area (Å²) in [7, 11) is -2.87. The van der Waals surface area contributed by atoms with Gasteiger partial charge < -0.3 is 5.32 Å². The number of nitrogens with zero attached hydrogens (tertiary/aromatic N) is 1. The van der Waals surface area contributed by atoms with Crippen LogP contribution in [0.5, 0.6) is 0 Å². The van der Waals surface area contributed by atoms with Gasteiger partial charge in [-0.1, -0.05) is 31.0 Å². The molecule has 156 valence electrons. The number of anilines is 2. The number of benzene rings is 2. The highest BCUT2D eigenvalue weighted by Crippen LogP contribution is 2.25. The van der Waals surface area contributed by atoms with Gasteiger partial charge in [-0.2, -0.15) is 0 Å². The smallest absolute Gasteiger partial charge is 0.251 e. The Labute approximate surface area is 171 Å². The monoisotopic (exact) mass is 419 g/mol. The molecule has 0 unspecified atom stereocenters. The molecule has 29 heavy (non-hydrogen) atoms. The standard InChI is InChI=1S/C20H25N3O5S/c24-19(22-26)10-6-1-2-7-15-21-20(25)16-11-13-18(14-12-16)23(29(27)28)17-8-4-3-5-9-17/h3-5,8-9,11-14,26,29H,1-2,6-7,10,15H2,(H,21,25)(H,22,24). The summed E-state index contributed by atoms with van der Waals surface area (Å²) in [6, 6.07) is 15.1. The van der Waals surface area contributed by atoms with Gasteiger partial charge in [-0.05, 0) is 49.2 Å². The second kappa shape index (κ2) is 11.8. The van der Waals surface area contributed by atoms with Gasteiger partial charge in [0.2, 0.25) is 16.8 Å². The van der Waals surface area contributed by atoms with Gasteiger partial charge in [0.15, 0.2) is 0 Å². The minimum atomic E-state index is -2.87. The zero-order valence-electron chi connectivity index (χ0n) is 15.9. The molecular formula is C20H25N3O5S. The topological polar surface area (TPSA) is 116 Å². The molecule has 3 N–H and O–H groups in total. The number of carbonyl (C=O) groups excluding carboxylic acids is 2. The molecule has 0 aliphatic heterocycles. The number of carbonyl (C=O) groups is 2. The van der Waals surface area contributed by atoms with Gasteiger partial charge >= 0.3 is 0 Å². The van der Waals surface area contributed by atoms with Crippen LogP contribution in [0, 0.1) is 0 Å². The van der Waals surface area contributed by atoms with E-state index >= 15 is 0 Å². The van der Waals surface area contributed by atoms with E-state index in [1.165, 1.54) is 4.31 Å². The number of amides is 2. The van der Waals surface area contributed by atoms with Crippen LogP contribution >= 0.6 is 0 Å². The molecule has 2 rings (SSSR count). The zero-order valence-corrected chi connectivity index (χ0v) is 16.8. The van der Waals surface area contributed by atoms with Crippen molar-refractivity contribution in [3.63, 3.8) is 0 Å². The van der Waals surface area contributed by atoms with Crippen molar-refractivity contribution < 1.29 is 23.2 Å². The molecule has 0 saturated heterocycles. The molecule has 0 spiro atoms. The summed E-state index contributed by atoms with van der Waals surface area (Å²) in [6.45, 7) is 0.509. The van der Waals surface area contributed by atoms with Gasteiger partial charge in [0, 0.05) is 18.5 Å². The molecule has 0 atom stereocenters. The maximum atomic E-state index is 12.2. The Morgan fingerprint density at radius 2 is 1.48 bits per heavy atom. The Balaban J connectivity index is 1.83. The van der Waals surface area contributed by atoms with Gasteiger partial charge in [0.05, 0.1) is 11.4 Å². The van der Waals surface area contributed by atoms with E-state index in [0.717, 1.165) is 19.3 Å². The molecule has 0 heterocycles. The lowest BCUT2D eigenvalue weighted by Gasteiger charge is -2.18. The highest BCUT2D eigenvalue weighted by atomic mass is 32.2. The molecule has 2 aromatic carbocycles. The lowest BCUT2D eigenvalue weighted by Crippen LogP contribution is -2.24. The van der Waals surface area contributed by atoms with Crippen LogP contribution in [0.15, 0.2) is 54.6 Å². The number of hydroxylamine groups is 1. The second-order valence-electron chi connectivity index (χ2n) is 6.39. The Morgan fingerprint density at radius 1 is 0.862 bits per heavy atom. The molecule has 0 bridgehead atoms. The van der Waals surface area contributed by atoms with Crippen LogP contribution in [-0.2, 0) is 15.7 Å². The van der Waals surface area contributed by atoms with Crippen molar-refractivity contribution in [2.75, 3.05) is 10.8 Å². The minimum Gasteiger partial charge on any atom is -0.352 e. The van der Waals surface area contributed by atoms with Gasteiger partial charge in [0.1, 0.15) is 0 Å². The van der Waals surface area contributed by atoms with Gasteiger partial charge in [-0.3, -0.25) is 14.8 Å². The third kappa shape index (κ3) is 7.20. The number of hydrogen-bond acceptors (Lipinski definition) is 5. The molecule has 0 aliphatic rings. The zero-order chi connectivity index (χ0) is 21.1. The number of thiol groups is 1. The Hall–Kier alpha value is -2.91. The molecule has 2 aromatic rings. The molecule has 0 fully saturated rings. The van der Waals surface area contributed by atoms with Gasteiger partial charge in [0.25, 0.3) is 5.91 Å². The molecule has 0 aromatic heterocycles. The first-order chi connectivity index (χ1) is 14.0. The van der Waals surface area contributed by atoms with Crippen LogP contribution in [0.3, 0.4) is 0 Å². The summed E-state index contributed by atoms with van der Waals surface area (Å²) >= 11 is 0. The number of nitrogens with one attached hydrogen (secondary N) is 2. The number of para-hydroxylation sites is 1.